The van der Waals surface area contributed by atoms with Crippen LogP contribution in [0.2, 0.25) is 0 Å². The Morgan fingerprint density at radius 1 is 0.881 bits per heavy atom. The van der Waals surface area contributed by atoms with E-state index in [4.69, 9.17) is 14.2 Å². The molecule has 1 aliphatic heterocycles. The molecule has 14 nitrogen and oxygen atoms in total. The number of esters is 1. The zero-order chi connectivity index (χ0) is 44.6. The number of carbonyl (C=O) groups is 5. The molecule has 14 heteroatoms. The van der Waals surface area contributed by atoms with E-state index in [0.29, 0.717) is 32.0 Å². The van der Waals surface area contributed by atoms with Gasteiger partial charge in [-0.3, -0.25) is 24.1 Å². The number of hydrogen-bond acceptors (Lipinski definition) is 10. The van der Waals surface area contributed by atoms with E-state index in [-0.39, 0.29) is 48.3 Å². The summed E-state index contributed by atoms with van der Waals surface area (Å²) < 4.78 is 17.0. The first kappa shape index (κ1) is 51.3. The van der Waals surface area contributed by atoms with Gasteiger partial charge in [-0.25, -0.2) is 4.79 Å². The predicted molar refractivity (Wildman–Crippen MR) is 231 cm³/mol. The Labute approximate surface area is 354 Å². The normalized spacial score (nSPS) is 18.3. The van der Waals surface area contributed by atoms with Gasteiger partial charge in [-0.2, -0.15) is 0 Å². The first-order valence-electron chi connectivity index (χ1n) is 21.2. The van der Waals surface area contributed by atoms with Gasteiger partial charge >= 0.3 is 5.97 Å². The smallest absolute Gasteiger partial charge is 0.328 e. The number of hydrogen-bond donors (Lipinski definition) is 3. The van der Waals surface area contributed by atoms with Crippen molar-refractivity contribution in [2.45, 2.75) is 136 Å². The Balaban J connectivity index is 2.29. The number of ether oxygens (including phenoxy) is 3. The number of amides is 4. The van der Waals surface area contributed by atoms with Gasteiger partial charge in [0.15, 0.2) is 0 Å². The summed E-state index contributed by atoms with van der Waals surface area (Å²) in [7, 11) is 7.97. The third-order valence-corrected chi connectivity index (χ3v) is 11.6. The van der Waals surface area contributed by atoms with Crippen LogP contribution in [0.5, 0.6) is 0 Å². The van der Waals surface area contributed by atoms with E-state index in [1.165, 1.54) is 21.3 Å². The highest BCUT2D eigenvalue weighted by Crippen LogP contribution is 2.29. The molecule has 0 bridgehead atoms. The van der Waals surface area contributed by atoms with Gasteiger partial charge in [-0.1, -0.05) is 90.4 Å². The molecule has 0 unspecified atom stereocenters. The second-order valence-electron chi connectivity index (χ2n) is 17.0. The average Bonchev–Trinajstić information content (AvgIpc) is 3.68. The van der Waals surface area contributed by atoms with Crippen LogP contribution in [0.15, 0.2) is 42.0 Å². The van der Waals surface area contributed by atoms with Crippen LogP contribution in [0.25, 0.3) is 0 Å². The predicted octanol–water partition coefficient (Wildman–Crippen LogP) is 3.82. The summed E-state index contributed by atoms with van der Waals surface area (Å²) in [5.41, 5.74) is 1.71. The van der Waals surface area contributed by atoms with Gasteiger partial charge in [0.2, 0.25) is 23.6 Å². The molecule has 0 aliphatic carbocycles. The van der Waals surface area contributed by atoms with Gasteiger partial charge in [0.25, 0.3) is 0 Å². The fourth-order valence-corrected chi connectivity index (χ4v) is 8.20. The molecule has 2 rings (SSSR count). The van der Waals surface area contributed by atoms with Crippen LogP contribution in [-0.2, 0) is 44.6 Å². The second kappa shape index (κ2) is 25.0. The van der Waals surface area contributed by atoms with Crippen molar-refractivity contribution in [2.75, 3.05) is 55.1 Å². The highest BCUT2D eigenvalue weighted by Gasteiger charge is 2.43. The molecule has 4 amide bonds. The van der Waals surface area contributed by atoms with E-state index in [1.807, 2.05) is 89.9 Å². The average molecular weight is 829 g/mol. The minimum atomic E-state index is -0.899. The van der Waals surface area contributed by atoms with Crippen molar-refractivity contribution >= 4 is 29.6 Å². The topological polar surface area (TPSA) is 159 Å². The minimum Gasteiger partial charge on any atom is -0.467 e. The van der Waals surface area contributed by atoms with Crippen molar-refractivity contribution < 1.29 is 38.2 Å². The standard InChI is InChI=1S/C45H76N6O8/c1-15-31(8)40(50(11)44(55)38(28(2)3)48-43(54)39(29(4)5)49(10)25-23-46-30(6)7)36(57-12)27-37(52)51-24-19-22-35(51)41(58-13)32(9)42(53)47-34(45(56)59-14)26-33-20-17-16-18-21-33/h15-18,20-21,28-30,32,34-36,38-41,46H,19,22-27H2,1-14H3,(H,47,53)(H,48,54)/b31-15-/t32-,34+,35+,36-,38+,39+,40+,41-/m1/s1. The maximum Gasteiger partial charge on any atom is 0.328 e. The lowest BCUT2D eigenvalue weighted by Crippen LogP contribution is -2.59. The van der Waals surface area contributed by atoms with Crippen LogP contribution >= 0.6 is 0 Å². The lowest BCUT2D eigenvalue weighted by atomic mass is 9.93. The fourth-order valence-electron chi connectivity index (χ4n) is 8.20. The number of methoxy groups -OCH3 is 3. The van der Waals surface area contributed by atoms with Gasteiger partial charge in [-0.15, -0.1) is 0 Å². The lowest BCUT2D eigenvalue weighted by Gasteiger charge is -2.39. The van der Waals surface area contributed by atoms with E-state index in [2.05, 4.69) is 29.8 Å². The molecule has 0 saturated carbocycles. The molecular weight excluding hydrogens is 753 g/mol. The number of nitrogens with one attached hydrogen (secondary N) is 3. The van der Waals surface area contributed by atoms with Gasteiger partial charge in [0, 0.05) is 53.4 Å². The summed E-state index contributed by atoms with van der Waals surface area (Å²) in [5, 5.41) is 9.35. The molecule has 334 valence electrons. The summed E-state index contributed by atoms with van der Waals surface area (Å²) in [5.74, 6) is -2.55. The molecule has 0 aromatic heterocycles. The molecular formula is C45H76N6O8. The van der Waals surface area contributed by atoms with Crippen LogP contribution in [0, 0.1) is 17.8 Å². The number of rotatable bonds is 24. The van der Waals surface area contributed by atoms with Crippen LogP contribution in [0.3, 0.4) is 0 Å². The molecule has 3 N–H and O–H groups in total. The number of allylic oxidation sites excluding steroid dienone is 1. The van der Waals surface area contributed by atoms with Crippen LogP contribution in [0.1, 0.15) is 87.1 Å². The van der Waals surface area contributed by atoms with E-state index in [1.54, 1.807) is 23.8 Å². The quantitative estimate of drug-likeness (QED) is 0.103. The Hall–Kier alpha value is -3.85. The van der Waals surface area contributed by atoms with E-state index < -0.39 is 54.3 Å². The van der Waals surface area contributed by atoms with Crippen molar-refractivity contribution in [2.24, 2.45) is 17.8 Å². The Bertz CT molecular complexity index is 1520. The highest BCUT2D eigenvalue weighted by atomic mass is 16.5. The SMILES string of the molecule is C/C=C(/C)[C@@H]([C@@H](CC(=O)N1CCC[C@H]1[C@H](OC)[C@@H](C)C(=O)N[C@@H](Cc1ccccc1)C(=O)OC)OC)N(C)C(=O)[C@@H](NC(=O)[C@H](C(C)C)N(C)CCNC(C)C)C(C)C. The fraction of sp³-hybridized carbons (Fsp3) is 0.711. The van der Waals surface area contributed by atoms with Crippen molar-refractivity contribution in [1.82, 2.24) is 30.7 Å². The lowest BCUT2D eigenvalue weighted by molar-refractivity contribution is -0.147. The van der Waals surface area contributed by atoms with Crippen LogP contribution in [0.4, 0.5) is 0 Å². The number of carbonyl (C=O) groups excluding carboxylic acids is 5. The van der Waals surface area contributed by atoms with E-state index in [0.717, 1.165) is 17.7 Å². The first-order valence-corrected chi connectivity index (χ1v) is 21.2. The summed E-state index contributed by atoms with van der Waals surface area (Å²) in [6.45, 7) is 19.4. The largest absolute Gasteiger partial charge is 0.467 e. The molecule has 1 aliphatic rings. The van der Waals surface area contributed by atoms with Crippen molar-refractivity contribution in [3.05, 3.63) is 47.5 Å². The maximum atomic E-state index is 14.4. The second-order valence-corrected chi connectivity index (χ2v) is 17.0. The molecule has 1 aromatic rings. The molecule has 1 fully saturated rings. The van der Waals surface area contributed by atoms with E-state index >= 15 is 0 Å². The van der Waals surface area contributed by atoms with Gasteiger partial charge in [-0.05, 0) is 51.1 Å². The maximum absolute atomic E-state index is 14.4. The van der Waals surface area contributed by atoms with Crippen LogP contribution < -0.4 is 16.0 Å². The summed E-state index contributed by atoms with van der Waals surface area (Å²) in [6, 6.07) is 6.51. The summed E-state index contributed by atoms with van der Waals surface area (Å²) in [4.78, 5) is 74.4. The van der Waals surface area contributed by atoms with Crippen molar-refractivity contribution in [3.8, 4) is 0 Å². The zero-order valence-corrected chi connectivity index (χ0v) is 38.4. The molecule has 1 heterocycles. The van der Waals surface area contributed by atoms with E-state index in [9.17, 15) is 24.0 Å². The molecule has 1 aromatic carbocycles. The molecule has 59 heavy (non-hydrogen) atoms. The van der Waals surface area contributed by atoms with Crippen molar-refractivity contribution in [1.29, 1.82) is 0 Å². The number of nitrogens with zero attached hydrogens (tertiary/aromatic N) is 3. The number of benzene rings is 1. The Morgan fingerprint density at radius 2 is 1.53 bits per heavy atom. The van der Waals surface area contributed by atoms with Crippen LogP contribution in [-0.4, -0.2) is 148 Å². The third kappa shape index (κ3) is 14.7. The zero-order valence-electron chi connectivity index (χ0n) is 38.4. The molecule has 0 radical (unpaired) electrons. The first-order chi connectivity index (χ1) is 27.8. The van der Waals surface area contributed by atoms with Gasteiger partial charge < -0.3 is 40.0 Å². The van der Waals surface area contributed by atoms with Gasteiger partial charge in [0.1, 0.15) is 12.1 Å². The third-order valence-electron chi connectivity index (χ3n) is 11.6. The molecule has 1 saturated heterocycles. The van der Waals surface area contributed by atoms with Gasteiger partial charge in [0.05, 0.1) is 49.8 Å². The Morgan fingerprint density at radius 3 is 2.05 bits per heavy atom. The summed E-state index contributed by atoms with van der Waals surface area (Å²) in [6.07, 6.45) is 2.08. The molecule has 8 atom stereocenters. The highest BCUT2D eigenvalue weighted by molar-refractivity contribution is 5.90. The minimum absolute atomic E-state index is 0.00232. The van der Waals surface area contributed by atoms with Crippen molar-refractivity contribution in [3.63, 3.8) is 0 Å². The number of likely N-dealkylation sites (tertiary alicyclic amines) is 1. The monoisotopic (exact) mass is 829 g/mol. The Kier molecular flexibility index (Phi) is 21.8. The number of likely N-dealkylation sites (N-methyl/N-ethyl adjacent to an activating group) is 2. The molecule has 0 spiro atoms. The summed E-state index contributed by atoms with van der Waals surface area (Å²) >= 11 is 0.